The first-order chi connectivity index (χ1) is 9.38. The average Bonchev–Trinajstić information content (AvgIpc) is 2.66. The molecule has 2 aliphatic heterocycles. The Kier molecular flexibility index (Phi) is 3.63. The molecule has 2 heterocycles. The van der Waals surface area contributed by atoms with E-state index in [9.17, 15) is 8.42 Å². The van der Waals surface area contributed by atoms with Gasteiger partial charge in [0, 0.05) is 18.1 Å². The summed E-state index contributed by atoms with van der Waals surface area (Å²) in [5, 5.41) is 0.363. The molecule has 2 fully saturated rings. The van der Waals surface area contributed by atoms with Crippen LogP contribution >= 0.6 is 23.2 Å². The van der Waals surface area contributed by atoms with Gasteiger partial charge in [0.05, 0.1) is 22.9 Å². The summed E-state index contributed by atoms with van der Waals surface area (Å²) in [6.45, 7) is 0.689. The number of nitrogens with two attached hydrogens (primary N) is 1. The number of anilines is 1. The van der Waals surface area contributed by atoms with Crippen molar-refractivity contribution in [3.05, 3.63) is 22.2 Å². The second-order valence-corrected chi connectivity index (χ2v) is 7.80. The fourth-order valence-electron chi connectivity index (χ4n) is 2.76. The van der Waals surface area contributed by atoms with Gasteiger partial charge in [0.25, 0.3) is 0 Å². The van der Waals surface area contributed by atoms with Gasteiger partial charge < -0.3 is 10.5 Å². The Morgan fingerprint density at radius 1 is 1.20 bits per heavy atom. The number of hydrogen-bond acceptors (Lipinski definition) is 4. The summed E-state index contributed by atoms with van der Waals surface area (Å²) in [4.78, 5) is -0.0649. The summed E-state index contributed by atoms with van der Waals surface area (Å²) >= 11 is 11.8. The fraction of sp³-hybridized carbons (Fsp3) is 0.500. The lowest BCUT2D eigenvalue weighted by Crippen LogP contribution is -2.45. The number of halogens is 2. The molecule has 0 amide bonds. The largest absolute Gasteiger partial charge is 0.398 e. The van der Waals surface area contributed by atoms with Crippen LogP contribution in [0.1, 0.15) is 12.8 Å². The van der Waals surface area contributed by atoms with Crippen LogP contribution in [0.15, 0.2) is 17.0 Å². The first-order valence-electron chi connectivity index (χ1n) is 6.28. The summed E-state index contributed by atoms with van der Waals surface area (Å²) < 4.78 is 32.5. The van der Waals surface area contributed by atoms with Crippen molar-refractivity contribution < 1.29 is 13.2 Å². The Bertz CT molecular complexity index is 615. The number of nitrogen functional groups attached to an aromatic ring is 1. The van der Waals surface area contributed by atoms with E-state index in [-0.39, 0.29) is 27.8 Å². The van der Waals surface area contributed by atoms with E-state index in [1.165, 1.54) is 16.4 Å². The van der Waals surface area contributed by atoms with Crippen LogP contribution in [0, 0.1) is 0 Å². The highest BCUT2D eigenvalue weighted by Gasteiger charge is 2.40. The highest BCUT2D eigenvalue weighted by Crippen LogP contribution is 2.36. The Balaban J connectivity index is 2.00. The van der Waals surface area contributed by atoms with Gasteiger partial charge in [-0.1, -0.05) is 23.2 Å². The molecule has 3 rings (SSSR count). The number of rotatable bonds is 2. The van der Waals surface area contributed by atoms with E-state index in [2.05, 4.69) is 0 Å². The molecule has 2 aliphatic rings. The summed E-state index contributed by atoms with van der Waals surface area (Å²) in [5.41, 5.74) is 5.86. The van der Waals surface area contributed by atoms with Gasteiger partial charge in [-0.15, -0.1) is 0 Å². The molecule has 2 unspecified atom stereocenters. The van der Waals surface area contributed by atoms with Gasteiger partial charge >= 0.3 is 0 Å². The fourth-order valence-corrected chi connectivity index (χ4v) is 5.20. The van der Waals surface area contributed by atoms with Crippen LogP contribution in [0.25, 0.3) is 0 Å². The van der Waals surface area contributed by atoms with E-state index in [0.29, 0.717) is 18.1 Å². The van der Waals surface area contributed by atoms with Crippen LogP contribution in [0.5, 0.6) is 0 Å². The topological polar surface area (TPSA) is 72.6 Å². The number of hydrogen-bond donors (Lipinski definition) is 1. The van der Waals surface area contributed by atoms with Crippen molar-refractivity contribution in [3.63, 3.8) is 0 Å². The van der Waals surface area contributed by atoms with Crippen molar-refractivity contribution >= 4 is 38.9 Å². The predicted octanol–water partition coefficient (Wildman–Crippen LogP) is 2.13. The molecule has 5 nitrogen and oxygen atoms in total. The molecule has 2 N–H and O–H groups in total. The van der Waals surface area contributed by atoms with Crippen molar-refractivity contribution in [2.75, 3.05) is 18.8 Å². The summed E-state index contributed by atoms with van der Waals surface area (Å²) in [7, 11) is -3.73. The third-order valence-electron chi connectivity index (χ3n) is 3.65. The monoisotopic (exact) mass is 336 g/mol. The number of morpholine rings is 1. The minimum Gasteiger partial charge on any atom is -0.398 e. The Hall–Kier alpha value is -0.530. The highest BCUT2D eigenvalue weighted by atomic mass is 35.5. The van der Waals surface area contributed by atoms with Crippen molar-refractivity contribution in [3.8, 4) is 0 Å². The number of benzene rings is 1. The Morgan fingerprint density at radius 3 is 2.35 bits per heavy atom. The van der Waals surface area contributed by atoms with Crippen LogP contribution in [0.4, 0.5) is 5.69 Å². The Morgan fingerprint density at radius 2 is 1.80 bits per heavy atom. The molecule has 0 aliphatic carbocycles. The summed E-state index contributed by atoms with van der Waals surface area (Å²) in [6, 6.07) is 2.79. The maximum absolute atomic E-state index is 12.7. The highest BCUT2D eigenvalue weighted by molar-refractivity contribution is 7.89. The first kappa shape index (κ1) is 14.4. The quantitative estimate of drug-likeness (QED) is 0.839. The summed E-state index contributed by atoms with van der Waals surface area (Å²) in [6.07, 6.45) is 1.72. The molecule has 0 spiro atoms. The van der Waals surface area contributed by atoms with E-state index in [0.717, 1.165) is 12.8 Å². The molecular formula is C12H14Cl2N2O3S. The SMILES string of the molecule is Nc1cc(Cl)cc(Cl)c1S(=O)(=O)N1CC2CCC(C1)O2. The first-order valence-corrected chi connectivity index (χ1v) is 8.47. The van der Waals surface area contributed by atoms with Crippen LogP contribution in [-0.2, 0) is 14.8 Å². The maximum Gasteiger partial charge on any atom is 0.246 e. The zero-order valence-electron chi connectivity index (χ0n) is 10.6. The molecule has 20 heavy (non-hydrogen) atoms. The lowest BCUT2D eigenvalue weighted by atomic mass is 10.2. The molecule has 2 bridgehead atoms. The number of sulfonamides is 1. The molecular weight excluding hydrogens is 323 g/mol. The number of ether oxygens (including phenoxy) is 1. The molecule has 2 atom stereocenters. The minimum absolute atomic E-state index is 0.0316. The van der Waals surface area contributed by atoms with Gasteiger partial charge in [0.1, 0.15) is 4.90 Å². The van der Waals surface area contributed by atoms with Gasteiger partial charge in [-0.2, -0.15) is 4.31 Å². The molecule has 1 aromatic carbocycles. The van der Waals surface area contributed by atoms with Crippen molar-refractivity contribution in [2.24, 2.45) is 0 Å². The van der Waals surface area contributed by atoms with E-state index in [4.69, 9.17) is 33.7 Å². The lowest BCUT2D eigenvalue weighted by Gasteiger charge is -2.31. The average molecular weight is 337 g/mol. The van der Waals surface area contributed by atoms with Crippen molar-refractivity contribution in [1.29, 1.82) is 0 Å². The van der Waals surface area contributed by atoms with Crippen LogP contribution < -0.4 is 5.73 Å². The number of nitrogens with zero attached hydrogens (tertiary/aromatic N) is 1. The van der Waals surface area contributed by atoms with Gasteiger partial charge in [-0.05, 0) is 25.0 Å². The van der Waals surface area contributed by atoms with E-state index >= 15 is 0 Å². The third-order valence-corrected chi connectivity index (χ3v) is 6.22. The molecule has 110 valence electrons. The molecule has 1 aromatic rings. The van der Waals surface area contributed by atoms with Crippen molar-refractivity contribution in [2.45, 2.75) is 29.9 Å². The molecule has 0 radical (unpaired) electrons. The van der Waals surface area contributed by atoms with E-state index in [1.54, 1.807) is 0 Å². The van der Waals surface area contributed by atoms with Crippen molar-refractivity contribution in [1.82, 2.24) is 4.31 Å². The van der Waals surface area contributed by atoms with Gasteiger partial charge in [-0.3, -0.25) is 0 Å². The van der Waals surface area contributed by atoms with Crippen LogP contribution in [-0.4, -0.2) is 38.0 Å². The standard InChI is InChI=1S/C12H14Cl2N2O3S/c13-7-3-10(14)12(11(15)4-7)20(17,18)16-5-8-1-2-9(6-16)19-8/h3-4,8-9H,1-2,5-6,15H2. The van der Waals surface area contributed by atoms with E-state index in [1.807, 2.05) is 0 Å². The molecule has 2 saturated heterocycles. The molecule has 0 aromatic heterocycles. The second-order valence-electron chi connectivity index (χ2n) is 5.09. The van der Waals surface area contributed by atoms with Crippen LogP contribution in [0.2, 0.25) is 10.0 Å². The zero-order chi connectivity index (χ0) is 14.5. The van der Waals surface area contributed by atoms with Gasteiger partial charge in [0.15, 0.2) is 0 Å². The molecule has 0 saturated carbocycles. The van der Waals surface area contributed by atoms with Gasteiger partial charge in [-0.25, -0.2) is 8.42 Å². The minimum atomic E-state index is -3.73. The third kappa shape index (κ3) is 2.40. The maximum atomic E-state index is 12.7. The van der Waals surface area contributed by atoms with Gasteiger partial charge in [0.2, 0.25) is 10.0 Å². The lowest BCUT2D eigenvalue weighted by molar-refractivity contribution is -0.0114. The van der Waals surface area contributed by atoms with E-state index < -0.39 is 10.0 Å². The Labute approximate surface area is 127 Å². The van der Waals surface area contributed by atoms with Crippen LogP contribution in [0.3, 0.4) is 0 Å². The second kappa shape index (κ2) is 5.03. The summed E-state index contributed by atoms with van der Waals surface area (Å²) in [5.74, 6) is 0. The normalized spacial score (nSPS) is 26.9. The predicted molar refractivity (Wildman–Crippen MR) is 77.5 cm³/mol. The zero-order valence-corrected chi connectivity index (χ0v) is 12.9. The smallest absolute Gasteiger partial charge is 0.246 e. The molecule has 8 heteroatoms. The number of fused-ring (bicyclic) bond motifs is 2.